The molecule has 1 saturated heterocycles. The Morgan fingerprint density at radius 2 is 2.25 bits per heavy atom. The molecule has 0 saturated carbocycles. The van der Waals surface area contributed by atoms with Crippen LogP contribution in [0.4, 0.5) is 5.82 Å². The fourth-order valence-electron chi connectivity index (χ4n) is 3.29. The largest absolute Gasteiger partial charge is 0.352 e. The van der Waals surface area contributed by atoms with Gasteiger partial charge in [0.15, 0.2) is 10.8 Å². The van der Waals surface area contributed by atoms with Crippen molar-refractivity contribution in [3.63, 3.8) is 0 Å². The number of nitrogens with two attached hydrogens (primary N) is 1. The number of fused-ring (bicyclic) bond motifs is 1. The van der Waals surface area contributed by atoms with E-state index in [-0.39, 0.29) is 6.04 Å². The molecule has 20 heavy (non-hydrogen) atoms. The summed E-state index contributed by atoms with van der Waals surface area (Å²) in [5, 5.41) is 2.10. The van der Waals surface area contributed by atoms with E-state index < -0.39 is 0 Å². The minimum Gasteiger partial charge on any atom is -0.352 e. The van der Waals surface area contributed by atoms with Gasteiger partial charge in [0, 0.05) is 36.6 Å². The molecule has 0 aromatic carbocycles. The van der Waals surface area contributed by atoms with Crippen LogP contribution in [0.15, 0.2) is 11.6 Å². The lowest BCUT2D eigenvalue weighted by Crippen LogP contribution is -2.34. The van der Waals surface area contributed by atoms with Gasteiger partial charge in [-0.3, -0.25) is 4.40 Å². The van der Waals surface area contributed by atoms with E-state index in [1.807, 2.05) is 0 Å². The summed E-state index contributed by atoms with van der Waals surface area (Å²) in [5.74, 6) is 1.84. The molecule has 0 amide bonds. The van der Waals surface area contributed by atoms with Gasteiger partial charge >= 0.3 is 0 Å². The molecule has 3 rings (SSSR count). The number of anilines is 1. The number of rotatable bonds is 4. The number of imidazole rings is 1. The van der Waals surface area contributed by atoms with Gasteiger partial charge in [0.25, 0.3) is 0 Å². The first kappa shape index (κ1) is 13.9. The molecular formula is C15H24N4S. The van der Waals surface area contributed by atoms with Gasteiger partial charge in [-0.25, -0.2) is 4.98 Å². The van der Waals surface area contributed by atoms with Gasteiger partial charge in [-0.2, -0.15) is 0 Å². The summed E-state index contributed by atoms with van der Waals surface area (Å²) in [6, 6.07) is 0.778. The highest BCUT2D eigenvalue weighted by Crippen LogP contribution is 2.33. The number of thiazole rings is 1. The highest BCUT2D eigenvalue weighted by molar-refractivity contribution is 7.15. The molecule has 0 aliphatic carbocycles. The highest BCUT2D eigenvalue weighted by atomic mass is 32.1. The normalized spacial score (nSPS) is 21.2. The van der Waals surface area contributed by atoms with Crippen molar-refractivity contribution in [3.8, 4) is 0 Å². The smallest absolute Gasteiger partial charge is 0.195 e. The Morgan fingerprint density at radius 3 is 2.95 bits per heavy atom. The lowest BCUT2D eigenvalue weighted by molar-refractivity contribution is 0.489. The lowest BCUT2D eigenvalue weighted by Gasteiger charge is -2.29. The zero-order chi connectivity index (χ0) is 14.3. The maximum atomic E-state index is 6.05. The third kappa shape index (κ3) is 2.33. The predicted octanol–water partition coefficient (Wildman–Crippen LogP) is 2.91. The van der Waals surface area contributed by atoms with Gasteiger partial charge in [-0.15, -0.1) is 11.3 Å². The first-order valence-electron chi connectivity index (χ1n) is 7.54. The van der Waals surface area contributed by atoms with Crippen LogP contribution >= 0.6 is 11.3 Å². The Morgan fingerprint density at radius 1 is 1.45 bits per heavy atom. The number of nitrogens with zero attached hydrogens (tertiary/aromatic N) is 3. The van der Waals surface area contributed by atoms with Gasteiger partial charge < -0.3 is 10.6 Å². The van der Waals surface area contributed by atoms with E-state index in [1.165, 1.54) is 24.4 Å². The Hall–Kier alpha value is -1.07. The average Bonchev–Trinajstić information content (AvgIpc) is 3.04. The molecule has 2 atom stereocenters. The van der Waals surface area contributed by atoms with Gasteiger partial charge in [0.05, 0.1) is 5.69 Å². The van der Waals surface area contributed by atoms with Crippen molar-refractivity contribution in [3.05, 3.63) is 17.3 Å². The fourth-order valence-corrected chi connectivity index (χ4v) is 4.02. The third-order valence-electron chi connectivity index (χ3n) is 4.20. The molecule has 1 fully saturated rings. The molecule has 2 aromatic rings. The van der Waals surface area contributed by atoms with E-state index in [4.69, 9.17) is 10.7 Å². The summed E-state index contributed by atoms with van der Waals surface area (Å²) in [7, 11) is 0. The number of aromatic nitrogens is 2. The van der Waals surface area contributed by atoms with Crippen LogP contribution in [0.25, 0.3) is 4.96 Å². The summed E-state index contributed by atoms with van der Waals surface area (Å²) < 4.78 is 2.22. The quantitative estimate of drug-likeness (QED) is 0.942. The zero-order valence-corrected chi connectivity index (χ0v) is 13.4. The number of hydrogen-bond acceptors (Lipinski definition) is 4. The summed E-state index contributed by atoms with van der Waals surface area (Å²) >= 11 is 1.70. The van der Waals surface area contributed by atoms with Crippen LogP contribution in [-0.2, 0) is 6.42 Å². The van der Waals surface area contributed by atoms with E-state index in [1.54, 1.807) is 11.3 Å². The highest BCUT2D eigenvalue weighted by Gasteiger charge is 2.31. The number of hydrogen-bond donors (Lipinski definition) is 1. The Bertz CT molecular complexity index is 584. The molecule has 0 spiro atoms. The molecule has 1 aliphatic heterocycles. The van der Waals surface area contributed by atoms with Crippen LogP contribution in [0.3, 0.4) is 0 Å². The van der Waals surface area contributed by atoms with Crippen LogP contribution in [-0.4, -0.2) is 28.0 Å². The van der Waals surface area contributed by atoms with Gasteiger partial charge in [0.2, 0.25) is 0 Å². The third-order valence-corrected chi connectivity index (χ3v) is 4.95. The maximum Gasteiger partial charge on any atom is 0.195 e. The summed E-state index contributed by atoms with van der Waals surface area (Å²) in [6.07, 6.45) is 5.55. The molecule has 5 heteroatoms. The van der Waals surface area contributed by atoms with Crippen molar-refractivity contribution >= 4 is 22.1 Å². The molecule has 4 nitrogen and oxygen atoms in total. The van der Waals surface area contributed by atoms with Crippen LogP contribution in [0, 0.1) is 5.92 Å². The topological polar surface area (TPSA) is 46.6 Å². The van der Waals surface area contributed by atoms with Crippen molar-refractivity contribution in [1.82, 2.24) is 9.38 Å². The first-order valence-corrected chi connectivity index (χ1v) is 8.42. The lowest BCUT2D eigenvalue weighted by atomic mass is 10.0. The summed E-state index contributed by atoms with van der Waals surface area (Å²) in [6.45, 7) is 7.82. The van der Waals surface area contributed by atoms with Crippen molar-refractivity contribution in [2.75, 3.05) is 11.4 Å². The SMILES string of the molecule is CC(N)Cc1c(N2CCCC2C(C)C)nc2sccn12. The van der Waals surface area contributed by atoms with Gasteiger partial charge in [-0.05, 0) is 25.7 Å². The molecule has 2 unspecified atom stereocenters. The molecule has 110 valence electrons. The second-order valence-corrected chi connectivity index (χ2v) is 7.14. The molecule has 0 bridgehead atoms. The van der Waals surface area contributed by atoms with Crippen molar-refractivity contribution in [2.45, 2.75) is 52.1 Å². The standard InChI is InChI=1S/C15H24N4S/c1-10(2)12-5-4-6-18(12)14-13(9-11(3)16)19-7-8-20-15(19)17-14/h7-8,10-12H,4-6,9,16H2,1-3H3. The first-order chi connectivity index (χ1) is 9.58. The van der Waals surface area contributed by atoms with Crippen LogP contribution in [0.2, 0.25) is 0 Å². The Labute approximate surface area is 124 Å². The van der Waals surface area contributed by atoms with E-state index >= 15 is 0 Å². The van der Waals surface area contributed by atoms with E-state index in [0.29, 0.717) is 12.0 Å². The molecule has 2 aromatic heterocycles. The molecule has 1 aliphatic rings. The molecule has 0 radical (unpaired) electrons. The van der Waals surface area contributed by atoms with Crippen molar-refractivity contribution in [2.24, 2.45) is 11.7 Å². The van der Waals surface area contributed by atoms with Crippen molar-refractivity contribution in [1.29, 1.82) is 0 Å². The monoisotopic (exact) mass is 292 g/mol. The van der Waals surface area contributed by atoms with Crippen LogP contribution in [0.1, 0.15) is 39.3 Å². The van der Waals surface area contributed by atoms with E-state index in [9.17, 15) is 0 Å². The summed E-state index contributed by atoms with van der Waals surface area (Å²) in [5.41, 5.74) is 7.33. The van der Waals surface area contributed by atoms with Gasteiger partial charge in [0.1, 0.15) is 0 Å². The van der Waals surface area contributed by atoms with Crippen molar-refractivity contribution < 1.29 is 0 Å². The zero-order valence-electron chi connectivity index (χ0n) is 12.5. The average molecular weight is 292 g/mol. The van der Waals surface area contributed by atoms with E-state index in [2.05, 4.69) is 41.6 Å². The van der Waals surface area contributed by atoms with Crippen LogP contribution in [0.5, 0.6) is 0 Å². The second-order valence-electron chi connectivity index (χ2n) is 6.27. The predicted molar refractivity (Wildman–Crippen MR) is 85.6 cm³/mol. The van der Waals surface area contributed by atoms with E-state index in [0.717, 1.165) is 17.9 Å². The molecule has 3 heterocycles. The summed E-state index contributed by atoms with van der Waals surface area (Å²) in [4.78, 5) is 8.50. The Balaban J connectivity index is 2.03. The minimum absolute atomic E-state index is 0.161. The second kappa shape index (κ2) is 5.37. The molecular weight excluding hydrogens is 268 g/mol. The van der Waals surface area contributed by atoms with Gasteiger partial charge in [-0.1, -0.05) is 13.8 Å². The maximum absolute atomic E-state index is 6.05. The Kier molecular flexibility index (Phi) is 3.73. The minimum atomic E-state index is 0.161. The molecule has 2 N–H and O–H groups in total. The van der Waals surface area contributed by atoms with Crippen LogP contribution < -0.4 is 10.6 Å². The fraction of sp³-hybridized carbons (Fsp3) is 0.667.